The van der Waals surface area contributed by atoms with E-state index in [4.69, 9.17) is 5.26 Å². The Balaban J connectivity index is 1.98. The van der Waals surface area contributed by atoms with Gasteiger partial charge in [-0.05, 0) is 39.0 Å². The van der Waals surface area contributed by atoms with Crippen molar-refractivity contribution in [3.63, 3.8) is 0 Å². The lowest BCUT2D eigenvalue weighted by Gasteiger charge is -2.40. The van der Waals surface area contributed by atoms with E-state index in [1.165, 1.54) is 19.3 Å². The Hall–Kier alpha value is -1.04. The third-order valence-electron chi connectivity index (χ3n) is 4.23. The van der Waals surface area contributed by atoms with Crippen LogP contribution in [0.1, 0.15) is 58.3 Å². The molecular weight excluding hydrogens is 200 g/mol. The van der Waals surface area contributed by atoms with Gasteiger partial charge >= 0.3 is 0 Å². The lowest BCUT2D eigenvalue weighted by atomic mass is 9.68. The first kappa shape index (κ1) is 11.4. The highest BCUT2D eigenvalue weighted by Gasteiger charge is 2.46. The Morgan fingerprint density at radius 1 is 1.12 bits per heavy atom. The van der Waals surface area contributed by atoms with Crippen LogP contribution in [0.3, 0.4) is 0 Å². The number of rotatable bonds is 2. The molecule has 0 bridgehead atoms. The molecule has 0 radical (unpaired) electrons. The standard InChI is InChI=1S/C13H20N2O/c1-12(6-3-2-4-7-12)15-11(16)13(10-14)8-5-9-13/h2-9H2,1H3,(H,15,16). The molecule has 0 aromatic rings. The fraction of sp³-hybridized carbons (Fsp3) is 0.846. The third-order valence-corrected chi connectivity index (χ3v) is 4.23. The summed E-state index contributed by atoms with van der Waals surface area (Å²) in [5.74, 6) is -0.0225. The molecule has 0 unspecified atom stereocenters. The molecule has 1 amide bonds. The van der Waals surface area contributed by atoms with E-state index in [9.17, 15) is 4.79 Å². The van der Waals surface area contributed by atoms with Gasteiger partial charge in [-0.25, -0.2) is 0 Å². The van der Waals surface area contributed by atoms with Crippen LogP contribution >= 0.6 is 0 Å². The van der Waals surface area contributed by atoms with Crippen molar-refractivity contribution in [1.29, 1.82) is 5.26 Å². The largest absolute Gasteiger partial charge is 0.350 e. The van der Waals surface area contributed by atoms with E-state index in [0.717, 1.165) is 32.1 Å². The van der Waals surface area contributed by atoms with Gasteiger partial charge in [-0.3, -0.25) is 4.79 Å². The van der Waals surface area contributed by atoms with Gasteiger partial charge in [-0.2, -0.15) is 5.26 Å². The first-order chi connectivity index (χ1) is 7.60. The number of hydrogen-bond acceptors (Lipinski definition) is 2. The van der Waals surface area contributed by atoms with Crippen LogP contribution in [0.15, 0.2) is 0 Å². The molecule has 0 heterocycles. The highest BCUT2D eigenvalue weighted by molar-refractivity contribution is 5.86. The van der Waals surface area contributed by atoms with E-state index in [0.29, 0.717) is 0 Å². The molecule has 0 atom stereocenters. The van der Waals surface area contributed by atoms with Crippen molar-refractivity contribution in [3.8, 4) is 6.07 Å². The van der Waals surface area contributed by atoms with Crippen LogP contribution in [0.25, 0.3) is 0 Å². The predicted molar refractivity (Wildman–Crippen MR) is 61.5 cm³/mol. The number of carbonyl (C=O) groups is 1. The van der Waals surface area contributed by atoms with Crippen molar-refractivity contribution in [1.82, 2.24) is 5.32 Å². The first-order valence-corrected chi connectivity index (χ1v) is 6.34. The van der Waals surface area contributed by atoms with Crippen LogP contribution in [0.2, 0.25) is 0 Å². The Bertz CT molecular complexity index is 319. The topological polar surface area (TPSA) is 52.9 Å². The van der Waals surface area contributed by atoms with E-state index in [1.807, 2.05) is 0 Å². The summed E-state index contributed by atoms with van der Waals surface area (Å²) >= 11 is 0. The number of nitriles is 1. The van der Waals surface area contributed by atoms with Crippen molar-refractivity contribution in [3.05, 3.63) is 0 Å². The zero-order chi connectivity index (χ0) is 11.6. The quantitative estimate of drug-likeness (QED) is 0.777. The summed E-state index contributed by atoms with van der Waals surface area (Å²) in [6.45, 7) is 2.12. The summed E-state index contributed by atoms with van der Waals surface area (Å²) in [5, 5.41) is 12.2. The molecule has 0 saturated heterocycles. The molecule has 2 aliphatic carbocycles. The first-order valence-electron chi connectivity index (χ1n) is 6.34. The average molecular weight is 220 g/mol. The monoisotopic (exact) mass is 220 g/mol. The predicted octanol–water partition coefficient (Wildman–Crippen LogP) is 2.52. The zero-order valence-electron chi connectivity index (χ0n) is 10.0. The summed E-state index contributed by atoms with van der Waals surface area (Å²) < 4.78 is 0. The fourth-order valence-corrected chi connectivity index (χ4v) is 2.77. The fourth-order valence-electron chi connectivity index (χ4n) is 2.77. The van der Waals surface area contributed by atoms with Gasteiger partial charge in [-0.1, -0.05) is 19.3 Å². The number of nitrogens with zero attached hydrogens (tertiary/aromatic N) is 1. The van der Waals surface area contributed by atoms with Gasteiger partial charge in [0.1, 0.15) is 5.41 Å². The van der Waals surface area contributed by atoms with Gasteiger partial charge in [0.2, 0.25) is 5.91 Å². The Kier molecular flexibility index (Phi) is 2.92. The van der Waals surface area contributed by atoms with Crippen molar-refractivity contribution < 1.29 is 4.79 Å². The summed E-state index contributed by atoms with van der Waals surface area (Å²) in [4.78, 5) is 12.1. The molecule has 2 saturated carbocycles. The van der Waals surface area contributed by atoms with E-state index in [-0.39, 0.29) is 11.4 Å². The summed E-state index contributed by atoms with van der Waals surface area (Å²) in [7, 11) is 0. The highest BCUT2D eigenvalue weighted by atomic mass is 16.2. The molecule has 2 aliphatic rings. The van der Waals surface area contributed by atoms with Gasteiger partial charge in [0, 0.05) is 5.54 Å². The van der Waals surface area contributed by atoms with Crippen LogP contribution in [0.4, 0.5) is 0 Å². The molecule has 16 heavy (non-hydrogen) atoms. The highest BCUT2D eigenvalue weighted by Crippen LogP contribution is 2.41. The molecule has 3 nitrogen and oxygen atoms in total. The van der Waals surface area contributed by atoms with E-state index >= 15 is 0 Å². The second-order valence-electron chi connectivity index (χ2n) is 5.62. The van der Waals surface area contributed by atoms with Gasteiger partial charge in [0.15, 0.2) is 0 Å². The number of nitrogens with one attached hydrogen (secondary N) is 1. The van der Waals surface area contributed by atoms with Crippen LogP contribution in [0, 0.1) is 16.7 Å². The Labute approximate surface area is 97.2 Å². The van der Waals surface area contributed by atoms with Crippen molar-refractivity contribution in [2.75, 3.05) is 0 Å². The normalized spacial score (nSPS) is 26.2. The summed E-state index contributed by atoms with van der Waals surface area (Å²) in [5.41, 5.74) is -0.755. The number of hydrogen-bond donors (Lipinski definition) is 1. The molecule has 0 aromatic carbocycles. The minimum absolute atomic E-state index is 0.0225. The SMILES string of the molecule is CC1(NC(=O)C2(C#N)CCC2)CCCCC1. The maximum Gasteiger partial charge on any atom is 0.240 e. The number of carbonyl (C=O) groups excluding carboxylic acids is 1. The lowest BCUT2D eigenvalue weighted by Crippen LogP contribution is -2.54. The summed E-state index contributed by atoms with van der Waals surface area (Å²) in [6.07, 6.45) is 8.26. The molecule has 2 rings (SSSR count). The average Bonchev–Trinajstić information content (AvgIpc) is 2.17. The molecule has 0 spiro atoms. The van der Waals surface area contributed by atoms with Crippen LogP contribution < -0.4 is 5.32 Å². The lowest BCUT2D eigenvalue weighted by molar-refractivity contribution is -0.134. The van der Waals surface area contributed by atoms with E-state index in [2.05, 4.69) is 18.3 Å². The molecular formula is C13H20N2O. The van der Waals surface area contributed by atoms with Gasteiger partial charge in [0.25, 0.3) is 0 Å². The van der Waals surface area contributed by atoms with E-state index < -0.39 is 5.41 Å². The van der Waals surface area contributed by atoms with Gasteiger partial charge in [-0.15, -0.1) is 0 Å². The Morgan fingerprint density at radius 3 is 2.19 bits per heavy atom. The maximum absolute atomic E-state index is 12.1. The zero-order valence-corrected chi connectivity index (χ0v) is 10.0. The minimum atomic E-state index is -0.694. The third kappa shape index (κ3) is 1.93. The molecule has 0 aliphatic heterocycles. The van der Waals surface area contributed by atoms with Crippen LogP contribution in [-0.2, 0) is 4.79 Å². The van der Waals surface area contributed by atoms with Crippen molar-refractivity contribution in [2.45, 2.75) is 63.8 Å². The molecule has 3 heteroatoms. The second kappa shape index (κ2) is 4.08. The smallest absolute Gasteiger partial charge is 0.240 e. The molecule has 1 N–H and O–H groups in total. The maximum atomic E-state index is 12.1. The molecule has 0 aromatic heterocycles. The van der Waals surface area contributed by atoms with Crippen LogP contribution in [-0.4, -0.2) is 11.4 Å². The van der Waals surface area contributed by atoms with E-state index in [1.54, 1.807) is 0 Å². The van der Waals surface area contributed by atoms with Crippen LogP contribution in [0.5, 0.6) is 0 Å². The summed E-state index contributed by atoms with van der Waals surface area (Å²) in [6, 6.07) is 2.21. The van der Waals surface area contributed by atoms with Crippen molar-refractivity contribution in [2.24, 2.45) is 5.41 Å². The second-order valence-corrected chi connectivity index (χ2v) is 5.62. The van der Waals surface area contributed by atoms with Gasteiger partial charge < -0.3 is 5.32 Å². The Morgan fingerprint density at radius 2 is 1.75 bits per heavy atom. The molecule has 2 fully saturated rings. The van der Waals surface area contributed by atoms with Gasteiger partial charge in [0.05, 0.1) is 6.07 Å². The minimum Gasteiger partial charge on any atom is -0.350 e. The number of amides is 1. The van der Waals surface area contributed by atoms with Crippen molar-refractivity contribution >= 4 is 5.91 Å². The molecule has 88 valence electrons.